The summed E-state index contributed by atoms with van der Waals surface area (Å²) in [5.74, 6) is 0.260. The van der Waals surface area contributed by atoms with E-state index in [2.05, 4.69) is 10.0 Å². The van der Waals surface area contributed by atoms with Gasteiger partial charge in [-0.3, -0.25) is 9.52 Å². The largest absolute Gasteiger partial charge is 0.492 e. The van der Waals surface area contributed by atoms with Crippen LogP contribution >= 0.6 is 11.6 Å². The maximum Gasteiger partial charge on any atom is 0.262 e. The molecule has 6 nitrogen and oxygen atoms in total. The Bertz CT molecular complexity index is 1160. The predicted molar refractivity (Wildman–Crippen MR) is 122 cm³/mol. The van der Waals surface area contributed by atoms with Crippen molar-refractivity contribution in [1.29, 1.82) is 0 Å². The van der Waals surface area contributed by atoms with Crippen LogP contribution in [0.3, 0.4) is 0 Å². The zero-order valence-corrected chi connectivity index (χ0v) is 18.8. The van der Waals surface area contributed by atoms with Crippen LogP contribution < -0.4 is 14.8 Å². The zero-order valence-electron chi connectivity index (χ0n) is 17.2. The number of halogens is 1. The molecule has 0 heterocycles. The molecule has 1 amide bonds. The summed E-state index contributed by atoms with van der Waals surface area (Å²) in [6.07, 6.45) is 0. The minimum absolute atomic E-state index is 0.0538. The molecule has 2 N–H and O–H groups in total. The van der Waals surface area contributed by atoms with Gasteiger partial charge in [0.15, 0.2) is 0 Å². The maximum absolute atomic E-state index is 12.9. The fraction of sp³-hybridized carbons (Fsp3) is 0.174. The summed E-state index contributed by atoms with van der Waals surface area (Å²) in [6, 6.07) is 18.5. The Morgan fingerprint density at radius 3 is 2.32 bits per heavy atom. The van der Waals surface area contributed by atoms with Gasteiger partial charge in [0.25, 0.3) is 15.9 Å². The first-order valence-corrected chi connectivity index (χ1v) is 11.5. The van der Waals surface area contributed by atoms with Crippen LogP contribution in [0.25, 0.3) is 0 Å². The molecule has 0 saturated heterocycles. The number of hydrogen-bond donors (Lipinski definition) is 2. The molecule has 3 rings (SSSR count). The second-order valence-corrected chi connectivity index (χ2v) is 9.10. The molecular weight excluding hydrogens is 436 g/mol. The Balaban J connectivity index is 1.64. The van der Waals surface area contributed by atoms with Crippen LogP contribution in [0.1, 0.15) is 21.5 Å². The van der Waals surface area contributed by atoms with E-state index in [1.807, 2.05) is 19.1 Å². The van der Waals surface area contributed by atoms with Crippen LogP contribution in [-0.4, -0.2) is 27.5 Å². The van der Waals surface area contributed by atoms with Gasteiger partial charge in [-0.05, 0) is 67.9 Å². The predicted octanol–water partition coefficient (Wildman–Crippen LogP) is 4.57. The number of ether oxygens (including phenoxy) is 1. The fourth-order valence-corrected chi connectivity index (χ4v) is 4.29. The van der Waals surface area contributed by atoms with E-state index in [9.17, 15) is 13.2 Å². The van der Waals surface area contributed by atoms with Gasteiger partial charge < -0.3 is 10.1 Å². The highest BCUT2D eigenvalue weighted by Gasteiger charge is 2.19. The average molecular weight is 459 g/mol. The summed E-state index contributed by atoms with van der Waals surface area (Å²) in [6.45, 7) is 4.13. The molecule has 0 spiro atoms. The van der Waals surface area contributed by atoms with Gasteiger partial charge in [-0.25, -0.2) is 8.42 Å². The third kappa shape index (κ3) is 6.23. The Labute approximate surface area is 187 Å². The lowest BCUT2D eigenvalue weighted by Gasteiger charge is -2.13. The van der Waals surface area contributed by atoms with Crippen molar-refractivity contribution in [3.8, 4) is 5.75 Å². The molecular formula is C23H23ClN2O4S. The number of anilines is 1. The van der Waals surface area contributed by atoms with E-state index < -0.39 is 10.0 Å². The Morgan fingerprint density at radius 2 is 1.65 bits per heavy atom. The molecule has 0 aliphatic rings. The maximum atomic E-state index is 12.9. The van der Waals surface area contributed by atoms with Crippen LogP contribution in [0.15, 0.2) is 71.6 Å². The third-order valence-corrected chi connectivity index (χ3v) is 6.29. The van der Waals surface area contributed by atoms with Crippen LogP contribution in [0.2, 0.25) is 5.02 Å². The van der Waals surface area contributed by atoms with E-state index in [0.29, 0.717) is 22.0 Å². The number of benzene rings is 3. The fourth-order valence-electron chi connectivity index (χ4n) is 2.83. The van der Waals surface area contributed by atoms with Crippen LogP contribution in [0, 0.1) is 13.8 Å². The highest BCUT2D eigenvalue weighted by Crippen LogP contribution is 2.21. The number of aryl methyl sites for hydroxylation is 2. The standard InChI is InChI=1S/C23H23ClN2O4S/c1-16-3-9-20(10-4-16)26-31(28,29)22-15-18(6-5-17(22)2)23(27)25-13-14-30-21-11-7-19(24)8-12-21/h3-12,15,26H,13-14H2,1-2H3,(H,25,27). The highest BCUT2D eigenvalue weighted by atomic mass is 35.5. The van der Waals surface area contributed by atoms with Gasteiger partial charge in [0.2, 0.25) is 0 Å². The van der Waals surface area contributed by atoms with E-state index in [-0.39, 0.29) is 29.5 Å². The summed E-state index contributed by atoms with van der Waals surface area (Å²) < 4.78 is 33.8. The van der Waals surface area contributed by atoms with Crippen molar-refractivity contribution in [1.82, 2.24) is 5.32 Å². The molecule has 3 aromatic carbocycles. The summed E-state index contributed by atoms with van der Waals surface area (Å²) in [4.78, 5) is 12.5. The van der Waals surface area contributed by atoms with Gasteiger partial charge in [-0.15, -0.1) is 0 Å². The number of hydrogen-bond acceptors (Lipinski definition) is 4. The minimum atomic E-state index is -3.84. The lowest BCUT2D eigenvalue weighted by Crippen LogP contribution is -2.28. The van der Waals surface area contributed by atoms with Gasteiger partial charge in [0.1, 0.15) is 12.4 Å². The molecule has 0 atom stereocenters. The molecule has 8 heteroatoms. The van der Waals surface area contributed by atoms with Gasteiger partial charge in [-0.2, -0.15) is 0 Å². The van der Waals surface area contributed by atoms with Crippen molar-refractivity contribution in [2.24, 2.45) is 0 Å². The van der Waals surface area contributed by atoms with E-state index >= 15 is 0 Å². The quantitative estimate of drug-likeness (QED) is 0.484. The summed E-state index contributed by atoms with van der Waals surface area (Å²) in [5, 5.41) is 3.34. The Morgan fingerprint density at radius 1 is 0.968 bits per heavy atom. The van der Waals surface area contributed by atoms with Gasteiger partial charge in [0.05, 0.1) is 11.4 Å². The number of carbonyl (C=O) groups excluding carboxylic acids is 1. The van der Waals surface area contributed by atoms with Crippen LogP contribution in [0.5, 0.6) is 5.75 Å². The van der Waals surface area contributed by atoms with E-state index in [4.69, 9.17) is 16.3 Å². The van der Waals surface area contributed by atoms with Gasteiger partial charge >= 0.3 is 0 Å². The molecule has 31 heavy (non-hydrogen) atoms. The second kappa shape index (κ2) is 9.85. The monoisotopic (exact) mass is 458 g/mol. The highest BCUT2D eigenvalue weighted by molar-refractivity contribution is 7.92. The van der Waals surface area contributed by atoms with Crippen molar-refractivity contribution < 1.29 is 17.9 Å². The van der Waals surface area contributed by atoms with E-state index in [0.717, 1.165) is 5.56 Å². The van der Waals surface area contributed by atoms with Crippen LogP contribution in [0.4, 0.5) is 5.69 Å². The van der Waals surface area contributed by atoms with E-state index in [1.54, 1.807) is 55.5 Å². The van der Waals surface area contributed by atoms with Gasteiger partial charge in [0, 0.05) is 16.3 Å². The van der Waals surface area contributed by atoms with Crippen LogP contribution in [-0.2, 0) is 10.0 Å². The van der Waals surface area contributed by atoms with Crippen molar-refractivity contribution in [2.75, 3.05) is 17.9 Å². The summed E-state index contributed by atoms with van der Waals surface area (Å²) in [5.41, 5.74) is 2.28. The summed E-state index contributed by atoms with van der Waals surface area (Å²) >= 11 is 5.83. The first-order valence-electron chi connectivity index (χ1n) is 9.61. The smallest absolute Gasteiger partial charge is 0.262 e. The number of amides is 1. The normalized spacial score (nSPS) is 11.1. The molecule has 3 aromatic rings. The summed E-state index contributed by atoms with van der Waals surface area (Å²) in [7, 11) is -3.84. The Hall–Kier alpha value is -3.03. The lowest BCUT2D eigenvalue weighted by molar-refractivity contribution is 0.0947. The van der Waals surface area contributed by atoms with Crippen molar-refractivity contribution in [3.05, 3.63) is 88.4 Å². The minimum Gasteiger partial charge on any atom is -0.492 e. The SMILES string of the molecule is Cc1ccc(NS(=O)(=O)c2cc(C(=O)NCCOc3ccc(Cl)cc3)ccc2C)cc1. The molecule has 162 valence electrons. The third-order valence-electron chi connectivity index (χ3n) is 4.51. The van der Waals surface area contributed by atoms with E-state index in [1.165, 1.54) is 6.07 Å². The molecule has 0 fully saturated rings. The van der Waals surface area contributed by atoms with Crippen molar-refractivity contribution in [2.45, 2.75) is 18.7 Å². The Kier molecular flexibility index (Phi) is 7.20. The lowest BCUT2D eigenvalue weighted by atomic mass is 10.1. The number of carbonyl (C=O) groups is 1. The first-order chi connectivity index (χ1) is 14.7. The molecule has 0 bridgehead atoms. The first kappa shape index (κ1) is 22.7. The molecule has 0 radical (unpaired) electrons. The average Bonchev–Trinajstić information content (AvgIpc) is 2.74. The molecule has 0 saturated carbocycles. The number of nitrogens with one attached hydrogen (secondary N) is 2. The number of sulfonamides is 1. The molecule has 0 aliphatic heterocycles. The van der Waals surface area contributed by atoms with Gasteiger partial charge in [-0.1, -0.05) is 35.4 Å². The van der Waals surface area contributed by atoms with Crippen molar-refractivity contribution in [3.63, 3.8) is 0 Å². The van der Waals surface area contributed by atoms with Crippen molar-refractivity contribution >= 4 is 33.2 Å². The molecule has 0 unspecified atom stereocenters. The molecule has 0 aromatic heterocycles. The topological polar surface area (TPSA) is 84.5 Å². The zero-order chi connectivity index (χ0) is 22.4. The number of rotatable bonds is 8. The molecule has 0 aliphatic carbocycles. The second-order valence-electron chi connectivity index (χ2n) is 7.01.